The van der Waals surface area contributed by atoms with Gasteiger partial charge >= 0.3 is 24.1 Å². The van der Waals surface area contributed by atoms with Gasteiger partial charge in [0, 0.05) is 31.2 Å². The van der Waals surface area contributed by atoms with E-state index < -0.39 is 24.1 Å². The molecule has 36 heavy (non-hydrogen) atoms. The van der Waals surface area contributed by atoms with Crippen molar-refractivity contribution in [1.82, 2.24) is 10.6 Å². The van der Waals surface area contributed by atoms with Crippen molar-refractivity contribution in [2.45, 2.75) is 19.3 Å². The number of alkyl carbamates (subject to hydrolysis) is 2. The molecule has 0 aliphatic heterocycles. The monoisotopic (exact) mass is 534 g/mol. The summed E-state index contributed by atoms with van der Waals surface area (Å²) in [5.74, 6) is -0.497. The first-order valence-electron chi connectivity index (χ1n) is 11.6. The summed E-state index contributed by atoms with van der Waals surface area (Å²) < 4.78 is 30.4. The van der Waals surface area contributed by atoms with Gasteiger partial charge in [-0.15, -0.1) is 0 Å². The minimum Gasteiger partial charge on any atom is -0.460 e. The molecular formula is C23H38N2O10S. The fourth-order valence-electron chi connectivity index (χ4n) is 2.42. The van der Waals surface area contributed by atoms with E-state index in [2.05, 4.69) is 36.4 Å². The van der Waals surface area contributed by atoms with E-state index in [1.54, 1.807) is 0 Å². The molecule has 0 aliphatic carbocycles. The van der Waals surface area contributed by atoms with Gasteiger partial charge in [0.15, 0.2) is 0 Å². The number of ether oxygens (including phenoxy) is 6. The van der Waals surface area contributed by atoms with Crippen LogP contribution < -0.4 is 10.6 Å². The number of carbonyl (C=O) groups excluding carboxylic acids is 4. The van der Waals surface area contributed by atoms with Crippen LogP contribution in [0.2, 0.25) is 0 Å². The largest absolute Gasteiger partial charge is 0.460 e. The maximum absolute atomic E-state index is 11.9. The molecule has 12 nitrogen and oxygen atoms in total. The first-order chi connectivity index (χ1) is 17.4. The number of unbranched alkanes of at least 4 members (excludes halogenated alkanes) is 1. The molecule has 0 fully saturated rings. The topological polar surface area (TPSA) is 148 Å². The van der Waals surface area contributed by atoms with E-state index in [0.29, 0.717) is 6.42 Å². The van der Waals surface area contributed by atoms with Crippen molar-refractivity contribution in [1.29, 1.82) is 0 Å². The molecule has 0 saturated carbocycles. The van der Waals surface area contributed by atoms with Crippen LogP contribution in [0.25, 0.3) is 0 Å². The standard InChI is InChI=1S/C23H38N2O10S/c1-3-20(26)32-14-12-30-10-8-24-22(28)34-17-19(7-5-6-16-36)18-35-23(29)25-9-11-31-13-15-33-21(27)4-2/h3-4,19,36H,1-2,5-18H2,(H,24,28)(H,25,29). The maximum Gasteiger partial charge on any atom is 0.407 e. The van der Waals surface area contributed by atoms with Crippen LogP contribution in [0, 0.1) is 5.92 Å². The molecule has 2 N–H and O–H groups in total. The Kier molecular flexibility index (Phi) is 22.1. The van der Waals surface area contributed by atoms with Gasteiger partial charge in [-0.1, -0.05) is 19.6 Å². The second-order valence-electron chi connectivity index (χ2n) is 7.10. The summed E-state index contributed by atoms with van der Waals surface area (Å²) >= 11 is 4.19. The maximum atomic E-state index is 11.9. The summed E-state index contributed by atoms with van der Waals surface area (Å²) in [6.07, 6.45) is 3.32. The third kappa shape index (κ3) is 21.7. The molecule has 0 spiro atoms. The van der Waals surface area contributed by atoms with Crippen LogP contribution in [-0.4, -0.2) is 95.8 Å². The van der Waals surface area contributed by atoms with Crippen molar-refractivity contribution in [2.75, 3.05) is 71.7 Å². The van der Waals surface area contributed by atoms with Gasteiger partial charge in [0.2, 0.25) is 0 Å². The lowest BCUT2D eigenvalue weighted by Crippen LogP contribution is -2.32. The Bertz CT molecular complexity index is 613. The number of hydrogen-bond donors (Lipinski definition) is 3. The van der Waals surface area contributed by atoms with Crippen molar-refractivity contribution in [3.8, 4) is 0 Å². The van der Waals surface area contributed by atoms with Gasteiger partial charge < -0.3 is 39.1 Å². The predicted octanol–water partition coefficient (Wildman–Crippen LogP) is 1.65. The molecule has 0 rings (SSSR count). The number of nitrogens with one attached hydrogen (secondary N) is 2. The molecule has 0 unspecified atom stereocenters. The van der Waals surface area contributed by atoms with Crippen molar-refractivity contribution >= 4 is 36.8 Å². The highest BCUT2D eigenvalue weighted by Crippen LogP contribution is 2.11. The van der Waals surface area contributed by atoms with Gasteiger partial charge in [-0.25, -0.2) is 19.2 Å². The summed E-state index contributed by atoms with van der Waals surface area (Å²) in [6.45, 7) is 8.18. The third-order valence-corrected chi connectivity index (χ3v) is 4.55. The number of esters is 2. The average molecular weight is 535 g/mol. The molecule has 0 atom stereocenters. The van der Waals surface area contributed by atoms with E-state index in [1.807, 2.05) is 0 Å². The minimum atomic E-state index is -0.615. The van der Waals surface area contributed by atoms with Crippen LogP contribution in [0.3, 0.4) is 0 Å². The average Bonchev–Trinajstić information content (AvgIpc) is 2.88. The molecule has 0 aliphatic rings. The lowest BCUT2D eigenvalue weighted by atomic mass is 10.0. The highest BCUT2D eigenvalue weighted by Gasteiger charge is 2.15. The van der Waals surface area contributed by atoms with E-state index in [4.69, 9.17) is 28.4 Å². The van der Waals surface area contributed by atoms with E-state index in [1.165, 1.54) is 0 Å². The van der Waals surface area contributed by atoms with Gasteiger partial charge in [0.25, 0.3) is 0 Å². The Morgan fingerprint density at radius 3 is 1.58 bits per heavy atom. The molecule has 0 aromatic heterocycles. The number of hydrogen-bond acceptors (Lipinski definition) is 11. The number of amides is 2. The Morgan fingerprint density at radius 1 is 0.694 bits per heavy atom. The molecule has 0 heterocycles. The summed E-state index contributed by atoms with van der Waals surface area (Å²) in [5.41, 5.74) is 0. The molecule has 0 bridgehead atoms. The van der Waals surface area contributed by atoms with Crippen molar-refractivity contribution in [2.24, 2.45) is 5.92 Å². The summed E-state index contributed by atoms with van der Waals surface area (Å²) in [6, 6.07) is 0. The second-order valence-corrected chi connectivity index (χ2v) is 7.55. The quantitative estimate of drug-likeness (QED) is 0.0616. The molecule has 0 aromatic rings. The van der Waals surface area contributed by atoms with Crippen molar-refractivity contribution < 1.29 is 47.6 Å². The van der Waals surface area contributed by atoms with E-state index in [9.17, 15) is 19.2 Å². The van der Waals surface area contributed by atoms with Crippen LogP contribution >= 0.6 is 12.6 Å². The zero-order valence-corrected chi connectivity index (χ0v) is 21.5. The number of carbonyl (C=O) groups is 4. The van der Waals surface area contributed by atoms with E-state index >= 15 is 0 Å². The van der Waals surface area contributed by atoms with E-state index in [0.717, 1.165) is 30.7 Å². The summed E-state index contributed by atoms with van der Waals surface area (Å²) in [5, 5.41) is 5.10. The van der Waals surface area contributed by atoms with Crippen molar-refractivity contribution in [3.63, 3.8) is 0 Å². The smallest absolute Gasteiger partial charge is 0.407 e. The lowest BCUT2D eigenvalue weighted by molar-refractivity contribution is -0.140. The van der Waals surface area contributed by atoms with Gasteiger partial charge in [-0.05, 0) is 18.6 Å². The Labute approximate surface area is 217 Å². The molecular weight excluding hydrogens is 496 g/mol. The summed E-state index contributed by atoms with van der Waals surface area (Å²) in [7, 11) is 0. The predicted molar refractivity (Wildman–Crippen MR) is 134 cm³/mol. The second kappa shape index (κ2) is 23.9. The van der Waals surface area contributed by atoms with Crippen LogP contribution in [0.15, 0.2) is 25.3 Å². The Hall–Kier alpha value is -2.77. The van der Waals surface area contributed by atoms with Crippen LogP contribution in [0.4, 0.5) is 9.59 Å². The van der Waals surface area contributed by atoms with E-state index in [-0.39, 0.29) is 71.9 Å². The SMILES string of the molecule is C=CC(=O)OCCOCCNC(=O)OCC(CCCCS)COC(=O)NCCOCCOC(=O)C=C. The van der Waals surface area contributed by atoms with Gasteiger partial charge in [0.05, 0.1) is 39.6 Å². The van der Waals surface area contributed by atoms with Crippen LogP contribution in [0.1, 0.15) is 19.3 Å². The molecule has 0 radical (unpaired) electrons. The number of thiol groups is 1. The Balaban J connectivity index is 4.01. The zero-order valence-electron chi connectivity index (χ0n) is 20.6. The highest BCUT2D eigenvalue weighted by molar-refractivity contribution is 7.80. The van der Waals surface area contributed by atoms with Gasteiger partial charge in [0.1, 0.15) is 13.2 Å². The fourth-order valence-corrected chi connectivity index (χ4v) is 2.65. The molecule has 13 heteroatoms. The molecule has 206 valence electrons. The zero-order chi connectivity index (χ0) is 26.9. The highest BCUT2D eigenvalue weighted by atomic mass is 32.1. The normalized spacial score (nSPS) is 10.3. The van der Waals surface area contributed by atoms with Gasteiger partial charge in [-0.3, -0.25) is 0 Å². The first-order valence-corrected chi connectivity index (χ1v) is 12.2. The van der Waals surface area contributed by atoms with Crippen LogP contribution in [0.5, 0.6) is 0 Å². The molecule has 0 aromatic carbocycles. The molecule has 0 saturated heterocycles. The Morgan fingerprint density at radius 2 is 1.17 bits per heavy atom. The van der Waals surface area contributed by atoms with Gasteiger partial charge in [-0.2, -0.15) is 12.6 Å². The fraction of sp³-hybridized carbons (Fsp3) is 0.652. The number of rotatable bonds is 22. The molecule has 2 amide bonds. The lowest BCUT2D eigenvalue weighted by Gasteiger charge is -2.17. The van der Waals surface area contributed by atoms with Crippen LogP contribution in [-0.2, 0) is 38.0 Å². The minimum absolute atomic E-state index is 0.0799. The first kappa shape index (κ1) is 33.2. The third-order valence-electron chi connectivity index (χ3n) is 4.23. The summed E-state index contributed by atoms with van der Waals surface area (Å²) in [4.78, 5) is 45.5. The van der Waals surface area contributed by atoms with Crippen molar-refractivity contribution in [3.05, 3.63) is 25.3 Å².